The first-order valence-corrected chi connectivity index (χ1v) is 8.17. The molecule has 20 heavy (non-hydrogen) atoms. The summed E-state index contributed by atoms with van der Waals surface area (Å²) in [5.74, 6) is 0.791. The molecule has 0 radical (unpaired) electrons. The van der Waals surface area contributed by atoms with E-state index in [4.69, 9.17) is 0 Å². The Labute approximate surface area is 123 Å². The van der Waals surface area contributed by atoms with Crippen LogP contribution in [0.1, 0.15) is 25.7 Å². The molecule has 106 valence electrons. The minimum absolute atomic E-state index is 0.130. The third kappa shape index (κ3) is 3.38. The van der Waals surface area contributed by atoms with Crippen molar-refractivity contribution in [3.8, 4) is 0 Å². The first-order valence-electron chi connectivity index (χ1n) is 7.29. The zero-order chi connectivity index (χ0) is 13.8. The lowest BCUT2D eigenvalue weighted by Gasteiger charge is -2.22. The topological polar surface area (TPSA) is 41.1 Å². The van der Waals surface area contributed by atoms with E-state index in [-0.39, 0.29) is 5.91 Å². The van der Waals surface area contributed by atoms with Gasteiger partial charge in [0.15, 0.2) is 0 Å². The minimum Gasteiger partial charge on any atom is -0.326 e. The Morgan fingerprint density at radius 3 is 3.20 bits per heavy atom. The van der Waals surface area contributed by atoms with Gasteiger partial charge >= 0.3 is 0 Å². The lowest BCUT2D eigenvalue weighted by atomic mass is 9.94. The summed E-state index contributed by atoms with van der Waals surface area (Å²) in [6, 6.07) is 8.19. The Morgan fingerprint density at radius 1 is 1.40 bits per heavy atom. The van der Waals surface area contributed by atoms with E-state index < -0.39 is 0 Å². The van der Waals surface area contributed by atoms with Crippen LogP contribution in [0, 0.1) is 5.92 Å². The predicted octanol–water partition coefficient (Wildman–Crippen LogP) is 3.62. The van der Waals surface area contributed by atoms with Gasteiger partial charge in [0.1, 0.15) is 0 Å². The van der Waals surface area contributed by atoms with Crippen LogP contribution >= 0.6 is 11.3 Å². The summed E-state index contributed by atoms with van der Waals surface area (Å²) < 4.78 is 1.26. The van der Waals surface area contributed by atoms with Gasteiger partial charge < -0.3 is 10.6 Å². The van der Waals surface area contributed by atoms with E-state index in [1.165, 1.54) is 22.9 Å². The number of anilines is 1. The van der Waals surface area contributed by atoms with Crippen LogP contribution in [-0.2, 0) is 4.79 Å². The first-order chi connectivity index (χ1) is 9.81. The van der Waals surface area contributed by atoms with E-state index in [9.17, 15) is 4.79 Å². The van der Waals surface area contributed by atoms with E-state index in [0.717, 1.165) is 25.2 Å². The van der Waals surface area contributed by atoms with Crippen molar-refractivity contribution in [3.63, 3.8) is 0 Å². The average molecular weight is 288 g/mol. The second-order valence-corrected chi connectivity index (χ2v) is 6.42. The Morgan fingerprint density at radius 2 is 2.35 bits per heavy atom. The zero-order valence-corrected chi connectivity index (χ0v) is 12.3. The average Bonchev–Trinajstić information content (AvgIpc) is 2.94. The van der Waals surface area contributed by atoms with Gasteiger partial charge in [-0.3, -0.25) is 4.79 Å². The Hall–Kier alpha value is -1.39. The summed E-state index contributed by atoms with van der Waals surface area (Å²) in [6.07, 6.45) is 4.09. The van der Waals surface area contributed by atoms with Crippen molar-refractivity contribution >= 4 is 33.0 Å². The molecule has 1 aliphatic heterocycles. The second kappa shape index (κ2) is 6.37. The standard InChI is InChI=1S/C16H20N2OS/c19-16(6-3-12-2-1-8-17-11-12)18-14-4-5-15-13(10-14)7-9-20-15/h4-5,7,9-10,12,17H,1-3,6,8,11H2,(H,18,19). The molecule has 1 aromatic heterocycles. The fraction of sp³-hybridized carbons (Fsp3) is 0.438. The lowest BCUT2D eigenvalue weighted by molar-refractivity contribution is -0.116. The van der Waals surface area contributed by atoms with Crippen molar-refractivity contribution in [2.75, 3.05) is 18.4 Å². The van der Waals surface area contributed by atoms with Gasteiger partial charge in [-0.2, -0.15) is 0 Å². The van der Waals surface area contributed by atoms with Crippen LogP contribution in [0.2, 0.25) is 0 Å². The molecule has 0 bridgehead atoms. The van der Waals surface area contributed by atoms with Crippen LogP contribution < -0.4 is 10.6 Å². The van der Waals surface area contributed by atoms with Crippen molar-refractivity contribution in [2.45, 2.75) is 25.7 Å². The SMILES string of the molecule is O=C(CCC1CCCNC1)Nc1ccc2sccc2c1. The van der Waals surface area contributed by atoms with Crippen molar-refractivity contribution < 1.29 is 4.79 Å². The molecular weight excluding hydrogens is 268 g/mol. The molecular formula is C16H20N2OS. The molecule has 1 unspecified atom stereocenters. The molecule has 0 spiro atoms. The maximum Gasteiger partial charge on any atom is 0.224 e. The summed E-state index contributed by atoms with van der Waals surface area (Å²) in [5, 5.41) is 9.68. The second-order valence-electron chi connectivity index (χ2n) is 5.47. The summed E-state index contributed by atoms with van der Waals surface area (Å²) >= 11 is 1.72. The van der Waals surface area contributed by atoms with E-state index in [0.29, 0.717) is 12.3 Å². The first kappa shape index (κ1) is 13.6. The van der Waals surface area contributed by atoms with Crippen molar-refractivity contribution in [3.05, 3.63) is 29.6 Å². The number of fused-ring (bicyclic) bond motifs is 1. The molecule has 3 rings (SSSR count). The van der Waals surface area contributed by atoms with Gasteiger partial charge in [0.25, 0.3) is 0 Å². The fourth-order valence-electron chi connectivity index (χ4n) is 2.77. The quantitative estimate of drug-likeness (QED) is 0.902. The highest BCUT2D eigenvalue weighted by Crippen LogP contribution is 2.24. The zero-order valence-electron chi connectivity index (χ0n) is 11.5. The van der Waals surface area contributed by atoms with E-state index in [1.54, 1.807) is 11.3 Å². The number of rotatable bonds is 4. The molecule has 1 fully saturated rings. The number of piperidine rings is 1. The van der Waals surface area contributed by atoms with Gasteiger partial charge in [-0.1, -0.05) is 0 Å². The molecule has 1 amide bonds. The molecule has 1 saturated heterocycles. The molecule has 0 aliphatic carbocycles. The van der Waals surface area contributed by atoms with Crippen LogP contribution in [0.3, 0.4) is 0 Å². The summed E-state index contributed by atoms with van der Waals surface area (Å²) in [7, 11) is 0. The number of hydrogen-bond donors (Lipinski definition) is 2. The number of amides is 1. The smallest absolute Gasteiger partial charge is 0.224 e. The third-order valence-corrected chi connectivity index (χ3v) is 4.81. The van der Waals surface area contributed by atoms with Gasteiger partial charge in [-0.15, -0.1) is 11.3 Å². The van der Waals surface area contributed by atoms with Gasteiger partial charge in [0.2, 0.25) is 5.91 Å². The number of nitrogens with one attached hydrogen (secondary N) is 2. The molecule has 1 aliphatic rings. The van der Waals surface area contributed by atoms with Crippen molar-refractivity contribution in [1.29, 1.82) is 0 Å². The van der Waals surface area contributed by atoms with Crippen molar-refractivity contribution in [1.82, 2.24) is 5.32 Å². The van der Waals surface area contributed by atoms with Gasteiger partial charge in [0.05, 0.1) is 0 Å². The molecule has 2 aromatic rings. The molecule has 2 N–H and O–H groups in total. The number of thiophene rings is 1. The highest BCUT2D eigenvalue weighted by Gasteiger charge is 2.14. The molecule has 2 heterocycles. The lowest BCUT2D eigenvalue weighted by Crippen LogP contribution is -2.30. The van der Waals surface area contributed by atoms with Gasteiger partial charge in [0, 0.05) is 16.8 Å². The molecule has 1 aromatic carbocycles. The van der Waals surface area contributed by atoms with Crippen LogP contribution in [0.15, 0.2) is 29.6 Å². The predicted molar refractivity (Wildman–Crippen MR) is 85.3 cm³/mol. The van der Waals surface area contributed by atoms with Gasteiger partial charge in [-0.25, -0.2) is 0 Å². The molecule has 0 saturated carbocycles. The van der Waals surface area contributed by atoms with E-state index in [2.05, 4.69) is 28.1 Å². The number of hydrogen-bond acceptors (Lipinski definition) is 3. The number of benzene rings is 1. The van der Waals surface area contributed by atoms with Crippen LogP contribution in [0.4, 0.5) is 5.69 Å². The Balaban J connectivity index is 1.52. The summed E-state index contributed by atoms with van der Waals surface area (Å²) in [5.41, 5.74) is 0.905. The number of carbonyl (C=O) groups is 1. The molecule has 3 nitrogen and oxygen atoms in total. The fourth-order valence-corrected chi connectivity index (χ4v) is 3.54. The number of carbonyl (C=O) groups excluding carboxylic acids is 1. The minimum atomic E-state index is 0.130. The maximum atomic E-state index is 12.0. The van der Waals surface area contributed by atoms with E-state index >= 15 is 0 Å². The maximum absolute atomic E-state index is 12.0. The monoisotopic (exact) mass is 288 g/mol. The Bertz CT molecular complexity index is 587. The summed E-state index contributed by atoms with van der Waals surface area (Å²) in [4.78, 5) is 12.0. The van der Waals surface area contributed by atoms with Gasteiger partial charge in [-0.05, 0) is 73.3 Å². The largest absolute Gasteiger partial charge is 0.326 e. The van der Waals surface area contributed by atoms with Crippen LogP contribution in [0.25, 0.3) is 10.1 Å². The molecule has 4 heteroatoms. The normalized spacial score (nSPS) is 19.1. The Kier molecular flexibility index (Phi) is 4.33. The highest BCUT2D eigenvalue weighted by atomic mass is 32.1. The van der Waals surface area contributed by atoms with E-state index in [1.807, 2.05) is 12.1 Å². The summed E-state index contributed by atoms with van der Waals surface area (Å²) in [6.45, 7) is 2.19. The molecule has 1 atom stereocenters. The van der Waals surface area contributed by atoms with Crippen molar-refractivity contribution in [2.24, 2.45) is 5.92 Å². The highest BCUT2D eigenvalue weighted by molar-refractivity contribution is 7.17. The van der Waals surface area contributed by atoms with Crippen LogP contribution in [0.5, 0.6) is 0 Å². The third-order valence-electron chi connectivity index (χ3n) is 3.91. The van der Waals surface area contributed by atoms with Crippen LogP contribution in [-0.4, -0.2) is 19.0 Å².